The molecule has 0 aromatic heterocycles. The highest BCUT2D eigenvalue weighted by atomic mass is 16.2. The molecule has 0 unspecified atom stereocenters. The minimum Gasteiger partial charge on any atom is -0.337 e. The number of piperidine rings is 1. The van der Waals surface area contributed by atoms with Crippen LogP contribution in [-0.2, 0) is 4.79 Å². The number of amides is 1. The molecule has 0 bridgehead atoms. The summed E-state index contributed by atoms with van der Waals surface area (Å²) in [6, 6.07) is 9.82. The van der Waals surface area contributed by atoms with Gasteiger partial charge in [-0.15, -0.1) is 0 Å². The van der Waals surface area contributed by atoms with Crippen LogP contribution in [0, 0.1) is 12.8 Å². The summed E-state index contributed by atoms with van der Waals surface area (Å²) in [6.07, 6.45) is 9.14. The van der Waals surface area contributed by atoms with Gasteiger partial charge in [0.05, 0.1) is 0 Å². The van der Waals surface area contributed by atoms with E-state index in [0.29, 0.717) is 23.9 Å². The van der Waals surface area contributed by atoms with Crippen molar-refractivity contribution in [1.29, 1.82) is 0 Å². The molecule has 0 radical (unpaired) electrons. The summed E-state index contributed by atoms with van der Waals surface area (Å²) in [5, 5.41) is 3.42. The number of carbonyl (C=O) groups is 1. The first-order chi connectivity index (χ1) is 12.2. The first kappa shape index (κ1) is 17.1. The molecule has 0 spiro atoms. The number of benzene rings is 1. The normalized spacial score (nSPS) is 26.9. The van der Waals surface area contributed by atoms with Crippen molar-refractivity contribution < 1.29 is 4.79 Å². The minimum atomic E-state index is 0.439. The maximum Gasteiger partial charge on any atom is 0.223 e. The minimum absolute atomic E-state index is 0.439. The van der Waals surface area contributed by atoms with Crippen LogP contribution in [0.2, 0.25) is 0 Å². The molecule has 1 heterocycles. The summed E-state index contributed by atoms with van der Waals surface area (Å²) >= 11 is 0. The molecule has 1 N–H and O–H groups in total. The fourth-order valence-corrected chi connectivity index (χ4v) is 4.80. The molecule has 1 amide bonds. The Morgan fingerprint density at radius 2 is 1.80 bits per heavy atom. The van der Waals surface area contributed by atoms with Crippen molar-refractivity contribution in [3.05, 3.63) is 35.4 Å². The van der Waals surface area contributed by atoms with E-state index in [9.17, 15) is 4.79 Å². The van der Waals surface area contributed by atoms with E-state index in [1.54, 1.807) is 0 Å². The summed E-state index contributed by atoms with van der Waals surface area (Å²) in [5.74, 6) is 1.85. The van der Waals surface area contributed by atoms with Gasteiger partial charge in [0, 0.05) is 18.5 Å². The summed E-state index contributed by atoms with van der Waals surface area (Å²) in [7, 11) is 0. The Morgan fingerprint density at radius 1 is 1.08 bits per heavy atom. The van der Waals surface area contributed by atoms with Crippen molar-refractivity contribution in [2.45, 2.75) is 76.3 Å². The lowest BCUT2D eigenvalue weighted by atomic mass is 9.73. The van der Waals surface area contributed by atoms with Gasteiger partial charge in [-0.2, -0.15) is 0 Å². The lowest BCUT2D eigenvalue weighted by molar-refractivity contribution is -0.136. The van der Waals surface area contributed by atoms with Gasteiger partial charge in [0.25, 0.3) is 0 Å². The molecule has 1 aliphatic heterocycles. The highest BCUT2D eigenvalue weighted by Crippen LogP contribution is 2.44. The zero-order valence-corrected chi connectivity index (χ0v) is 15.5. The van der Waals surface area contributed by atoms with Gasteiger partial charge in [0.2, 0.25) is 5.91 Å². The summed E-state index contributed by atoms with van der Waals surface area (Å²) in [6.45, 7) is 4.48. The van der Waals surface area contributed by atoms with Crippen LogP contribution in [0.4, 0.5) is 0 Å². The molecule has 2 aliphatic carbocycles. The van der Waals surface area contributed by atoms with Crippen molar-refractivity contribution in [1.82, 2.24) is 10.2 Å². The molecule has 3 fully saturated rings. The van der Waals surface area contributed by atoms with E-state index in [-0.39, 0.29) is 0 Å². The van der Waals surface area contributed by atoms with Crippen LogP contribution in [0.5, 0.6) is 0 Å². The third-order valence-electron chi connectivity index (χ3n) is 6.59. The average Bonchev–Trinajstić information content (AvgIpc) is 3.42. The molecule has 1 saturated heterocycles. The van der Waals surface area contributed by atoms with E-state index in [0.717, 1.165) is 31.8 Å². The highest BCUT2D eigenvalue weighted by Gasteiger charge is 2.43. The molecule has 4 rings (SSSR count). The van der Waals surface area contributed by atoms with Crippen molar-refractivity contribution in [3.8, 4) is 0 Å². The quantitative estimate of drug-likeness (QED) is 0.848. The predicted octanol–water partition coefficient (Wildman–Crippen LogP) is 4.01. The Kier molecular flexibility index (Phi) is 5.12. The van der Waals surface area contributed by atoms with Crippen molar-refractivity contribution in [2.24, 2.45) is 5.92 Å². The number of nitrogens with one attached hydrogen (secondary N) is 1. The number of carbonyl (C=O) groups excluding carboxylic acids is 1. The van der Waals surface area contributed by atoms with E-state index in [2.05, 4.69) is 41.4 Å². The standard InChI is InChI=1S/C22H32N2O/c1-16-4-2-3-5-21(16)18-14-20(15-18)24(19-7-8-19)22(25)9-6-17-10-12-23-13-11-17/h2-5,17-20,23H,6-15H2,1H3. The maximum atomic E-state index is 12.9. The Labute approximate surface area is 152 Å². The van der Waals surface area contributed by atoms with E-state index in [1.807, 2.05) is 0 Å². The number of hydrogen-bond donors (Lipinski definition) is 1. The van der Waals surface area contributed by atoms with Gasteiger partial charge >= 0.3 is 0 Å². The van der Waals surface area contributed by atoms with Gasteiger partial charge in [0.1, 0.15) is 0 Å². The van der Waals surface area contributed by atoms with E-state index >= 15 is 0 Å². The number of rotatable bonds is 6. The second-order valence-electron chi connectivity index (χ2n) is 8.44. The second kappa shape index (κ2) is 7.49. The molecular formula is C22H32N2O. The third kappa shape index (κ3) is 3.92. The predicted molar refractivity (Wildman–Crippen MR) is 102 cm³/mol. The lowest BCUT2D eigenvalue weighted by Gasteiger charge is -2.44. The largest absolute Gasteiger partial charge is 0.337 e. The lowest BCUT2D eigenvalue weighted by Crippen LogP contribution is -2.48. The van der Waals surface area contributed by atoms with E-state index in [4.69, 9.17) is 0 Å². The Balaban J connectivity index is 1.31. The van der Waals surface area contributed by atoms with Gasteiger partial charge in [0.15, 0.2) is 0 Å². The van der Waals surface area contributed by atoms with Gasteiger partial charge in [-0.1, -0.05) is 24.3 Å². The SMILES string of the molecule is Cc1ccccc1C1CC(N(C(=O)CCC2CCNCC2)C2CC2)C1. The van der Waals surface area contributed by atoms with Crippen molar-refractivity contribution in [3.63, 3.8) is 0 Å². The molecule has 3 nitrogen and oxygen atoms in total. The molecule has 25 heavy (non-hydrogen) atoms. The van der Waals surface area contributed by atoms with Gasteiger partial charge in [-0.3, -0.25) is 4.79 Å². The monoisotopic (exact) mass is 340 g/mol. The van der Waals surface area contributed by atoms with Gasteiger partial charge in [-0.25, -0.2) is 0 Å². The molecule has 0 atom stereocenters. The maximum absolute atomic E-state index is 12.9. The van der Waals surface area contributed by atoms with Crippen LogP contribution >= 0.6 is 0 Å². The molecular weight excluding hydrogens is 308 g/mol. The van der Waals surface area contributed by atoms with Crippen molar-refractivity contribution >= 4 is 5.91 Å². The zero-order valence-electron chi connectivity index (χ0n) is 15.5. The number of aryl methyl sites for hydroxylation is 1. The Bertz CT molecular complexity index is 598. The summed E-state index contributed by atoms with van der Waals surface area (Å²) in [5.41, 5.74) is 2.90. The van der Waals surface area contributed by atoms with Gasteiger partial charge in [-0.05, 0) is 87.9 Å². The second-order valence-corrected chi connectivity index (χ2v) is 8.44. The van der Waals surface area contributed by atoms with Crippen LogP contribution in [0.1, 0.15) is 68.4 Å². The van der Waals surface area contributed by atoms with Crippen molar-refractivity contribution in [2.75, 3.05) is 13.1 Å². The van der Waals surface area contributed by atoms with Crippen LogP contribution in [0.25, 0.3) is 0 Å². The fourth-order valence-electron chi connectivity index (χ4n) is 4.80. The van der Waals surface area contributed by atoms with Crippen LogP contribution in [0.15, 0.2) is 24.3 Å². The highest BCUT2D eigenvalue weighted by molar-refractivity contribution is 5.77. The molecule has 136 valence electrons. The first-order valence-corrected chi connectivity index (χ1v) is 10.3. The number of hydrogen-bond acceptors (Lipinski definition) is 2. The molecule has 3 heteroatoms. The summed E-state index contributed by atoms with van der Waals surface area (Å²) in [4.78, 5) is 15.2. The fraction of sp³-hybridized carbons (Fsp3) is 0.682. The van der Waals surface area contributed by atoms with Crippen LogP contribution in [0.3, 0.4) is 0 Å². The smallest absolute Gasteiger partial charge is 0.223 e. The van der Waals surface area contributed by atoms with Crippen LogP contribution in [-0.4, -0.2) is 36.0 Å². The molecule has 1 aromatic carbocycles. The molecule has 2 saturated carbocycles. The first-order valence-electron chi connectivity index (χ1n) is 10.3. The molecule has 1 aromatic rings. The zero-order chi connectivity index (χ0) is 17.2. The van der Waals surface area contributed by atoms with Gasteiger partial charge < -0.3 is 10.2 Å². The van der Waals surface area contributed by atoms with E-state index < -0.39 is 0 Å². The van der Waals surface area contributed by atoms with Crippen LogP contribution < -0.4 is 5.32 Å². The third-order valence-corrected chi connectivity index (χ3v) is 6.59. The Morgan fingerprint density at radius 3 is 2.48 bits per heavy atom. The number of nitrogens with zero attached hydrogens (tertiary/aromatic N) is 1. The molecule has 3 aliphatic rings. The summed E-state index contributed by atoms with van der Waals surface area (Å²) < 4.78 is 0. The van der Waals surface area contributed by atoms with E-state index in [1.165, 1.54) is 49.7 Å². The Hall–Kier alpha value is -1.35. The topological polar surface area (TPSA) is 32.3 Å². The average molecular weight is 341 g/mol.